The Morgan fingerprint density at radius 1 is 1.35 bits per heavy atom. The van der Waals surface area contributed by atoms with E-state index < -0.39 is 0 Å². The molecule has 1 fully saturated rings. The van der Waals surface area contributed by atoms with Crippen LogP contribution >= 0.6 is 15.9 Å². The minimum Gasteiger partial charge on any atom is -0.358 e. The monoisotopic (exact) mass is 338 g/mol. The largest absolute Gasteiger partial charge is 0.358 e. The van der Waals surface area contributed by atoms with Crippen LogP contribution in [-0.4, -0.2) is 42.8 Å². The number of carbonyl (C=O) groups excluding carboxylic acids is 2. The van der Waals surface area contributed by atoms with Gasteiger partial charge in [0.2, 0.25) is 5.91 Å². The standard InChI is InChI=1S/C15H19BrN2O2/c1-17-15(20)13-8-4-5-9-18(13)10-14(19)11-6-2-3-7-12(11)16/h2-3,6-7,13H,4-5,8-10H2,1H3,(H,17,20). The molecule has 1 atom stereocenters. The lowest BCUT2D eigenvalue weighted by atomic mass is 10.00. The van der Waals surface area contributed by atoms with E-state index in [0.717, 1.165) is 30.3 Å². The van der Waals surface area contributed by atoms with E-state index in [2.05, 4.69) is 21.2 Å². The maximum absolute atomic E-state index is 12.4. The SMILES string of the molecule is CNC(=O)C1CCCCN1CC(=O)c1ccccc1Br. The van der Waals surface area contributed by atoms with E-state index in [1.54, 1.807) is 7.05 Å². The molecule has 0 bridgehead atoms. The van der Waals surface area contributed by atoms with Crippen molar-refractivity contribution in [3.63, 3.8) is 0 Å². The van der Waals surface area contributed by atoms with Gasteiger partial charge in [0.05, 0.1) is 12.6 Å². The zero-order chi connectivity index (χ0) is 14.5. The maximum atomic E-state index is 12.4. The average molecular weight is 339 g/mol. The number of likely N-dealkylation sites (N-methyl/N-ethyl adjacent to an activating group) is 1. The number of likely N-dealkylation sites (tertiary alicyclic amines) is 1. The molecule has 1 amide bonds. The fourth-order valence-electron chi connectivity index (χ4n) is 2.60. The molecule has 0 saturated carbocycles. The molecule has 4 nitrogen and oxygen atoms in total. The van der Waals surface area contributed by atoms with Crippen molar-refractivity contribution in [2.24, 2.45) is 0 Å². The van der Waals surface area contributed by atoms with Gasteiger partial charge in [0.25, 0.3) is 0 Å². The molecule has 1 saturated heterocycles. The predicted octanol–water partition coefficient (Wildman–Crippen LogP) is 2.23. The smallest absolute Gasteiger partial charge is 0.237 e. The first-order chi connectivity index (χ1) is 9.63. The quantitative estimate of drug-likeness (QED) is 0.856. The van der Waals surface area contributed by atoms with E-state index in [1.807, 2.05) is 29.2 Å². The minimum absolute atomic E-state index is 0.00428. The molecule has 1 unspecified atom stereocenters. The summed E-state index contributed by atoms with van der Waals surface area (Å²) < 4.78 is 0.804. The Morgan fingerprint density at radius 3 is 2.80 bits per heavy atom. The summed E-state index contributed by atoms with van der Waals surface area (Å²) in [6.07, 6.45) is 2.90. The topological polar surface area (TPSA) is 49.4 Å². The molecule has 0 aromatic heterocycles. The molecule has 1 aliphatic rings. The zero-order valence-electron chi connectivity index (χ0n) is 11.6. The molecule has 0 aliphatic carbocycles. The van der Waals surface area contributed by atoms with E-state index in [1.165, 1.54) is 0 Å². The Hall–Kier alpha value is -1.20. The number of carbonyl (C=O) groups is 2. The van der Waals surface area contributed by atoms with E-state index >= 15 is 0 Å². The van der Waals surface area contributed by atoms with Gasteiger partial charge < -0.3 is 5.32 Å². The molecule has 1 aromatic carbocycles. The van der Waals surface area contributed by atoms with Crippen molar-refractivity contribution < 1.29 is 9.59 Å². The Labute approximate surface area is 127 Å². The Balaban J connectivity index is 2.09. The van der Waals surface area contributed by atoms with Crippen LogP contribution in [0.5, 0.6) is 0 Å². The average Bonchev–Trinajstić information content (AvgIpc) is 2.47. The van der Waals surface area contributed by atoms with Crippen molar-refractivity contribution in [1.82, 2.24) is 10.2 Å². The summed E-state index contributed by atoms with van der Waals surface area (Å²) in [4.78, 5) is 26.3. The fourth-order valence-corrected chi connectivity index (χ4v) is 3.11. The number of ketones is 1. The van der Waals surface area contributed by atoms with Crippen LogP contribution in [-0.2, 0) is 4.79 Å². The van der Waals surface area contributed by atoms with E-state index in [-0.39, 0.29) is 17.7 Å². The van der Waals surface area contributed by atoms with Crippen molar-refractivity contribution in [1.29, 1.82) is 0 Å². The van der Waals surface area contributed by atoms with Crippen molar-refractivity contribution in [2.75, 3.05) is 20.1 Å². The number of piperidine rings is 1. The third-order valence-corrected chi connectivity index (χ3v) is 4.38. The van der Waals surface area contributed by atoms with E-state index in [0.29, 0.717) is 12.1 Å². The second-order valence-corrected chi connectivity index (χ2v) is 5.85. The molecule has 1 aromatic rings. The van der Waals surface area contributed by atoms with Crippen LogP contribution in [0.15, 0.2) is 28.7 Å². The van der Waals surface area contributed by atoms with Gasteiger partial charge in [-0.2, -0.15) is 0 Å². The number of halogens is 1. The molecule has 1 N–H and O–H groups in total. The Kier molecular flexibility index (Phi) is 5.31. The third-order valence-electron chi connectivity index (χ3n) is 3.68. The molecule has 0 spiro atoms. The number of rotatable bonds is 4. The highest BCUT2D eigenvalue weighted by atomic mass is 79.9. The molecule has 108 valence electrons. The number of amides is 1. The van der Waals surface area contributed by atoms with Crippen molar-refractivity contribution >= 4 is 27.6 Å². The summed E-state index contributed by atoms with van der Waals surface area (Å²) in [6, 6.07) is 7.23. The van der Waals surface area contributed by atoms with Gasteiger partial charge in [0, 0.05) is 17.1 Å². The summed E-state index contributed by atoms with van der Waals surface area (Å²) in [7, 11) is 1.64. The molecule has 1 aliphatic heterocycles. The van der Waals surface area contributed by atoms with Gasteiger partial charge in [-0.15, -0.1) is 0 Å². The van der Waals surface area contributed by atoms with Gasteiger partial charge in [0.1, 0.15) is 0 Å². The Morgan fingerprint density at radius 2 is 2.10 bits per heavy atom. The number of hydrogen-bond donors (Lipinski definition) is 1. The first-order valence-corrected chi connectivity index (χ1v) is 7.66. The zero-order valence-corrected chi connectivity index (χ0v) is 13.1. The predicted molar refractivity (Wildman–Crippen MR) is 81.8 cm³/mol. The fraction of sp³-hybridized carbons (Fsp3) is 0.467. The number of benzene rings is 1. The third kappa shape index (κ3) is 3.46. The number of nitrogens with zero attached hydrogens (tertiary/aromatic N) is 1. The number of nitrogens with one attached hydrogen (secondary N) is 1. The summed E-state index contributed by atoms with van der Waals surface area (Å²) in [5, 5.41) is 2.69. The maximum Gasteiger partial charge on any atom is 0.237 e. The van der Waals surface area contributed by atoms with Gasteiger partial charge >= 0.3 is 0 Å². The van der Waals surface area contributed by atoms with Crippen LogP contribution in [0.1, 0.15) is 29.6 Å². The highest BCUT2D eigenvalue weighted by Crippen LogP contribution is 2.20. The highest BCUT2D eigenvalue weighted by molar-refractivity contribution is 9.10. The van der Waals surface area contributed by atoms with Crippen LogP contribution in [0, 0.1) is 0 Å². The number of hydrogen-bond acceptors (Lipinski definition) is 3. The second kappa shape index (κ2) is 6.99. The van der Waals surface area contributed by atoms with Gasteiger partial charge in [-0.3, -0.25) is 14.5 Å². The second-order valence-electron chi connectivity index (χ2n) is 5.00. The molecule has 20 heavy (non-hydrogen) atoms. The number of Topliss-reactive ketones (excluding diaryl/α,β-unsaturated/α-hetero) is 1. The molecule has 5 heteroatoms. The summed E-state index contributed by atoms with van der Waals surface area (Å²) in [6.45, 7) is 1.09. The normalized spacial score (nSPS) is 19.6. The lowest BCUT2D eigenvalue weighted by Crippen LogP contribution is -2.50. The molecule has 2 rings (SSSR count). The van der Waals surface area contributed by atoms with Crippen LogP contribution in [0.3, 0.4) is 0 Å². The summed E-state index contributed by atoms with van der Waals surface area (Å²) in [5.41, 5.74) is 0.675. The summed E-state index contributed by atoms with van der Waals surface area (Å²) >= 11 is 3.40. The summed E-state index contributed by atoms with van der Waals surface area (Å²) in [5.74, 6) is 0.0536. The van der Waals surface area contributed by atoms with Crippen LogP contribution in [0.4, 0.5) is 0 Å². The van der Waals surface area contributed by atoms with E-state index in [9.17, 15) is 9.59 Å². The first-order valence-electron chi connectivity index (χ1n) is 6.87. The molecular formula is C15H19BrN2O2. The lowest BCUT2D eigenvalue weighted by Gasteiger charge is -2.33. The lowest BCUT2D eigenvalue weighted by molar-refractivity contribution is -0.126. The van der Waals surface area contributed by atoms with Crippen molar-refractivity contribution in [3.8, 4) is 0 Å². The van der Waals surface area contributed by atoms with Crippen LogP contribution in [0.2, 0.25) is 0 Å². The Bertz CT molecular complexity index is 504. The van der Waals surface area contributed by atoms with E-state index in [4.69, 9.17) is 0 Å². The molecule has 1 heterocycles. The first kappa shape index (κ1) is 15.2. The van der Waals surface area contributed by atoms with Gasteiger partial charge in [-0.25, -0.2) is 0 Å². The van der Waals surface area contributed by atoms with Crippen LogP contribution in [0.25, 0.3) is 0 Å². The van der Waals surface area contributed by atoms with Gasteiger partial charge in [-0.1, -0.05) is 40.5 Å². The van der Waals surface area contributed by atoms with Gasteiger partial charge in [-0.05, 0) is 25.5 Å². The minimum atomic E-state index is -0.180. The van der Waals surface area contributed by atoms with Gasteiger partial charge in [0.15, 0.2) is 5.78 Å². The highest BCUT2D eigenvalue weighted by Gasteiger charge is 2.29. The van der Waals surface area contributed by atoms with Crippen molar-refractivity contribution in [2.45, 2.75) is 25.3 Å². The van der Waals surface area contributed by atoms with Crippen LogP contribution < -0.4 is 5.32 Å². The van der Waals surface area contributed by atoms with Crippen molar-refractivity contribution in [3.05, 3.63) is 34.3 Å². The molecule has 0 radical (unpaired) electrons. The molecular weight excluding hydrogens is 320 g/mol.